The molecule has 0 fully saturated rings. The average Bonchev–Trinajstić information content (AvgIpc) is 3.11. The van der Waals surface area contributed by atoms with Crippen LogP contribution in [0.5, 0.6) is 5.75 Å². The van der Waals surface area contributed by atoms with Crippen LogP contribution in [0.15, 0.2) is 59.2 Å². The Morgan fingerprint density at radius 3 is 2.35 bits per heavy atom. The molecule has 0 aliphatic carbocycles. The molecule has 0 saturated heterocycles. The van der Waals surface area contributed by atoms with E-state index in [4.69, 9.17) is 13.9 Å². The molecule has 0 bridgehead atoms. The summed E-state index contributed by atoms with van der Waals surface area (Å²) in [6, 6.07) is 15.6. The van der Waals surface area contributed by atoms with Gasteiger partial charge in [-0.2, -0.15) is 0 Å². The number of aromatic nitrogens is 1. The summed E-state index contributed by atoms with van der Waals surface area (Å²) in [6.45, 7) is 4.39. The van der Waals surface area contributed by atoms with Crippen molar-refractivity contribution in [3.63, 3.8) is 0 Å². The van der Waals surface area contributed by atoms with Crippen molar-refractivity contribution in [2.24, 2.45) is 0 Å². The van der Waals surface area contributed by atoms with Gasteiger partial charge in [0, 0.05) is 5.56 Å². The lowest BCUT2D eigenvalue weighted by Crippen LogP contribution is -2.10. The number of aryl methyl sites for hydroxylation is 2. The Balaban J connectivity index is 1.43. The fourth-order valence-electron chi connectivity index (χ4n) is 2.32. The molecular weight excluding hydrogens is 330 g/mol. The van der Waals surface area contributed by atoms with Crippen molar-refractivity contribution in [3.8, 4) is 17.2 Å². The molecule has 3 aromatic rings. The number of ether oxygens (including phenoxy) is 2. The second-order valence-corrected chi connectivity index (χ2v) is 6.08. The molecular formula is C21H21NO4. The first-order chi connectivity index (χ1) is 12.6. The maximum atomic E-state index is 11.8. The number of rotatable bonds is 7. The largest absolute Gasteiger partial charge is 0.493 e. The molecule has 1 heterocycles. The maximum absolute atomic E-state index is 11.8. The molecule has 5 nitrogen and oxygen atoms in total. The Kier molecular flexibility index (Phi) is 5.69. The SMILES string of the molecule is Cc1ccc(OCCC(=O)OCc2coc(-c3ccc(C)cc3)n2)cc1. The summed E-state index contributed by atoms with van der Waals surface area (Å²) in [4.78, 5) is 16.2. The van der Waals surface area contributed by atoms with Crippen LogP contribution in [0, 0.1) is 13.8 Å². The van der Waals surface area contributed by atoms with E-state index >= 15 is 0 Å². The maximum Gasteiger partial charge on any atom is 0.309 e. The van der Waals surface area contributed by atoms with Crippen molar-refractivity contribution in [2.75, 3.05) is 6.61 Å². The van der Waals surface area contributed by atoms with Gasteiger partial charge in [0.25, 0.3) is 0 Å². The molecule has 0 aliphatic heterocycles. The summed E-state index contributed by atoms with van der Waals surface area (Å²) >= 11 is 0. The van der Waals surface area contributed by atoms with Crippen LogP contribution >= 0.6 is 0 Å². The molecule has 134 valence electrons. The van der Waals surface area contributed by atoms with E-state index in [9.17, 15) is 4.79 Å². The van der Waals surface area contributed by atoms with Crippen LogP contribution in [0.4, 0.5) is 0 Å². The number of carbonyl (C=O) groups is 1. The van der Waals surface area contributed by atoms with Gasteiger partial charge in [-0.1, -0.05) is 35.4 Å². The molecule has 1 aromatic heterocycles. The molecule has 0 N–H and O–H groups in total. The zero-order valence-corrected chi connectivity index (χ0v) is 14.9. The lowest BCUT2D eigenvalue weighted by atomic mass is 10.1. The highest BCUT2D eigenvalue weighted by molar-refractivity contribution is 5.69. The Hall–Kier alpha value is -3.08. The van der Waals surface area contributed by atoms with Gasteiger partial charge < -0.3 is 13.9 Å². The Labute approximate surface area is 152 Å². The third-order valence-corrected chi connectivity index (χ3v) is 3.83. The van der Waals surface area contributed by atoms with Crippen molar-refractivity contribution in [2.45, 2.75) is 26.9 Å². The smallest absolute Gasteiger partial charge is 0.309 e. The highest BCUT2D eigenvalue weighted by atomic mass is 16.5. The van der Waals surface area contributed by atoms with E-state index in [1.165, 1.54) is 11.8 Å². The molecule has 3 rings (SSSR count). The van der Waals surface area contributed by atoms with E-state index in [0.717, 1.165) is 16.9 Å². The molecule has 0 amide bonds. The minimum absolute atomic E-state index is 0.0821. The van der Waals surface area contributed by atoms with Gasteiger partial charge in [-0.05, 0) is 38.1 Å². The normalized spacial score (nSPS) is 10.5. The minimum Gasteiger partial charge on any atom is -0.493 e. The molecule has 2 aromatic carbocycles. The number of hydrogen-bond donors (Lipinski definition) is 0. The van der Waals surface area contributed by atoms with E-state index in [1.807, 2.05) is 62.4 Å². The van der Waals surface area contributed by atoms with E-state index < -0.39 is 0 Å². The summed E-state index contributed by atoms with van der Waals surface area (Å²) in [7, 11) is 0. The Bertz CT molecular complexity index is 850. The Morgan fingerprint density at radius 2 is 1.65 bits per heavy atom. The second kappa shape index (κ2) is 8.34. The molecule has 0 aliphatic rings. The van der Waals surface area contributed by atoms with E-state index in [2.05, 4.69) is 4.98 Å². The standard InChI is InChI=1S/C21H21NO4/c1-15-3-7-17(8-4-15)21-22-18(14-26-21)13-25-20(23)11-12-24-19-9-5-16(2)6-10-19/h3-10,14H,11-13H2,1-2H3. The van der Waals surface area contributed by atoms with Crippen LogP contribution < -0.4 is 4.74 Å². The van der Waals surface area contributed by atoms with Crippen molar-refractivity contribution in [1.82, 2.24) is 4.98 Å². The average molecular weight is 351 g/mol. The van der Waals surface area contributed by atoms with E-state index in [0.29, 0.717) is 11.6 Å². The molecule has 0 atom stereocenters. The van der Waals surface area contributed by atoms with E-state index in [-0.39, 0.29) is 25.6 Å². The zero-order chi connectivity index (χ0) is 18.4. The van der Waals surface area contributed by atoms with Crippen LogP contribution in [0.25, 0.3) is 11.5 Å². The van der Waals surface area contributed by atoms with Gasteiger partial charge in [-0.3, -0.25) is 4.79 Å². The van der Waals surface area contributed by atoms with Gasteiger partial charge in [-0.25, -0.2) is 4.98 Å². The quantitative estimate of drug-likeness (QED) is 0.588. The van der Waals surface area contributed by atoms with E-state index in [1.54, 1.807) is 0 Å². The third kappa shape index (κ3) is 4.96. The van der Waals surface area contributed by atoms with Crippen molar-refractivity contribution in [3.05, 3.63) is 71.6 Å². The van der Waals surface area contributed by atoms with Crippen molar-refractivity contribution < 1.29 is 18.7 Å². The number of esters is 1. The van der Waals surface area contributed by atoms with Gasteiger partial charge in [0.05, 0.1) is 13.0 Å². The summed E-state index contributed by atoms with van der Waals surface area (Å²) in [5.74, 6) is 0.915. The van der Waals surface area contributed by atoms with Gasteiger partial charge in [0.15, 0.2) is 0 Å². The topological polar surface area (TPSA) is 61.6 Å². The summed E-state index contributed by atoms with van der Waals surface area (Å²) in [6.07, 6.45) is 1.68. The van der Waals surface area contributed by atoms with Crippen LogP contribution in [0.3, 0.4) is 0 Å². The van der Waals surface area contributed by atoms with Gasteiger partial charge in [0.1, 0.15) is 24.3 Å². The Morgan fingerprint density at radius 1 is 1.00 bits per heavy atom. The van der Waals surface area contributed by atoms with Crippen molar-refractivity contribution >= 4 is 5.97 Å². The molecule has 5 heteroatoms. The van der Waals surface area contributed by atoms with Crippen molar-refractivity contribution in [1.29, 1.82) is 0 Å². The van der Waals surface area contributed by atoms with Crippen LogP contribution in [0.1, 0.15) is 23.2 Å². The number of benzene rings is 2. The molecule has 0 radical (unpaired) electrons. The molecule has 26 heavy (non-hydrogen) atoms. The molecule has 0 saturated carbocycles. The summed E-state index contributed by atoms with van der Waals surface area (Å²) in [5.41, 5.74) is 3.80. The minimum atomic E-state index is -0.336. The van der Waals surface area contributed by atoms with Crippen LogP contribution in [-0.2, 0) is 16.1 Å². The summed E-state index contributed by atoms with van der Waals surface area (Å²) in [5, 5.41) is 0. The lowest BCUT2D eigenvalue weighted by molar-refractivity contribution is -0.145. The predicted octanol–water partition coefficient (Wildman–Crippen LogP) is 4.47. The first-order valence-corrected chi connectivity index (χ1v) is 8.47. The summed E-state index contributed by atoms with van der Waals surface area (Å²) < 4.78 is 16.2. The predicted molar refractivity (Wildman–Crippen MR) is 97.8 cm³/mol. The van der Waals surface area contributed by atoms with Crippen LogP contribution in [0.2, 0.25) is 0 Å². The highest BCUT2D eigenvalue weighted by Gasteiger charge is 2.09. The van der Waals surface area contributed by atoms with Gasteiger partial charge >= 0.3 is 5.97 Å². The number of carbonyl (C=O) groups excluding carboxylic acids is 1. The fourth-order valence-corrected chi connectivity index (χ4v) is 2.32. The van der Waals surface area contributed by atoms with Gasteiger partial charge in [0.2, 0.25) is 5.89 Å². The first kappa shape index (κ1) is 17.7. The van der Waals surface area contributed by atoms with Crippen LogP contribution in [-0.4, -0.2) is 17.6 Å². The number of hydrogen-bond acceptors (Lipinski definition) is 5. The molecule has 0 spiro atoms. The third-order valence-electron chi connectivity index (χ3n) is 3.83. The molecule has 0 unspecified atom stereocenters. The lowest BCUT2D eigenvalue weighted by Gasteiger charge is -2.06. The highest BCUT2D eigenvalue weighted by Crippen LogP contribution is 2.19. The second-order valence-electron chi connectivity index (χ2n) is 6.08. The monoisotopic (exact) mass is 351 g/mol. The zero-order valence-electron chi connectivity index (χ0n) is 14.9. The van der Waals surface area contributed by atoms with Gasteiger partial charge in [-0.15, -0.1) is 0 Å². The fraction of sp³-hybridized carbons (Fsp3) is 0.238. The number of nitrogens with zero attached hydrogens (tertiary/aromatic N) is 1. The first-order valence-electron chi connectivity index (χ1n) is 8.47. The number of oxazole rings is 1.